The molecule has 6 N–H and O–H groups in total. The van der Waals surface area contributed by atoms with E-state index in [1.807, 2.05) is 0 Å². The standard InChI is InChI=1S/C49H91O13P/c1-3-5-7-9-11-13-15-16-17-18-19-20-21-22-23-24-25-26-28-30-32-34-36-38-43(51)61-41(39-59-42(50)37-35-33-31-29-27-14-12-10-8-6-4-2)40-60-63(57,58)62-49-47(55)45(53)44(52)46(54)48(49)56/h15-16,18-19,41,44-49,52-56H,3-14,17,20-40H2,1-2H3,(H,57,58)/b16-15-,19-18-. The molecule has 1 saturated carbocycles. The Balaban J connectivity index is 2.36. The molecule has 0 aromatic rings. The Labute approximate surface area is 381 Å². The van der Waals surface area contributed by atoms with Crippen LogP contribution in [-0.4, -0.2) is 98.3 Å². The number of phosphoric acid groups is 1. The zero-order chi connectivity index (χ0) is 46.4. The minimum atomic E-state index is -5.11. The first kappa shape index (κ1) is 59.3. The number of hydrogen-bond donors (Lipinski definition) is 6. The van der Waals surface area contributed by atoms with Crippen LogP contribution in [0.1, 0.15) is 219 Å². The Bertz CT molecular complexity index is 1200. The second-order valence-electron chi connectivity index (χ2n) is 17.7. The molecule has 0 aromatic carbocycles. The fraction of sp³-hybridized carbons (Fsp3) is 0.878. The molecule has 0 spiro atoms. The van der Waals surface area contributed by atoms with E-state index < -0.39 is 75.7 Å². The average molecular weight is 919 g/mol. The number of rotatable bonds is 42. The van der Waals surface area contributed by atoms with Gasteiger partial charge in [0.2, 0.25) is 0 Å². The predicted octanol–water partition coefficient (Wildman–Crippen LogP) is 10.4. The molecular weight excluding hydrogens is 828 g/mol. The third-order valence-corrected chi connectivity index (χ3v) is 12.8. The minimum absolute atomic E-state index is 0.0973. The molecule has 63 heavy (non-hydrogen) atoms. The van der Waals surface area contributed by atoms with Crippen molar-refractivity contribution in [3.63, 3.8) is 0 Å². The number of aliphatic hydroxyl groups excluding tert-OH is 5. The number of phosphoric ester groups is 1. The Hall–Kier alpha value is -1.67. The number of hydrogen-bond acceptors (Lipinski definition) is 12. The Morgan fingerprint density at radius 1 is 0.492 bits per heavy atom. The van der Waals surface area contributed by atoms with E-state index in [2.05, 4.69) is 38.2 Å². The molecule has 6 atom stereocenters. The van der Waals surface area contributed by atoms with Crippen LogP contribution in [0.3, 0.4) is 0 Å². The lowest BCUT2D eigenvalue weighted by molar-refractivity contribution is -0.220. The van der Waals surface area contributed by atoms with Gasteiger partial charge >= 0.3 is 19.8 Å². The van der Waals surface area contributed by atoms with E-state index in [-0.39, 0.29) is 12.8 Å². The second kappa shape index (κ2) is 39.5. The molecule has 0 amide bonds. The normalized spacial score (nSPS) is 21.8. The first-order chi connectivity index (χ1) is 30.4. The molecule has 0 aliphatic heterocycles. The summed E-state index contributed by atoms with van der Waals surface area (Å²) in [6, 6.07) is 0. The number of ether oxygens (including phenoxy) is 2. The van der Waals surface area contributed by atoms with Gasteiger partial charge in [-0.3, -0.25) is 18.6 Å². The second-order valence-corrected chi connectivity index (χ2v) is 19.1. The van der Waals surface area contributed by atoms with Crippen LogP contribution in [0.2, 0.25) is 0 Å². The summed E-state index contributed by atoms with van der Waals surface area (Å²) in [5.74, 6) is -1.09. The molecule has 0 bridgehead atoms. The van der Waals surface area contributed by atoms with Gasteiger partial charge in [-0.2, -0.15) is 0 Å². The van der Waals surface area contributed by atoms with Gasteiger partial charge in [0.1, 0.15) is 43.2 Å². The molecular formula is C49H91O13P. The molecule has 370 valence electrons. The molecule has 14 heteroatoms. The van der Waals surface area contributed by atoms with E-state index in [0.29, 0.717) is 12.8 Å². The summed E-state index contributed by atoms with van der Waals surface area (Å²) in [5, 5.41) is 50.2. The van der Waals surface area contributed by atoms with Crippen molar-refractivity contribution in [1.29, 1.82) is 0 Å². The van der Waals surface area contributed by atoms with Crippen LogP contribution >= 0.6 is 7.82 Å². The Morgan fingerprint density at radius 2 is 0.857 bits per heavy atom. The molecule has 0 heterocycles. The molecule has 1 aliphatic rings. The molecule has 1 aliphatic carbocycles. The van der Waals surface area contributed by atoms with Crippen molar-refractivity contribution in [1.82, 2.24) is 0 Å². The molecule has 0 radical (unpaired) electrons. The number of carbonyl (C=O) groups excluding carboxylic acids is 2. The lowest BCUT2D eigenvalue weighted by Crippen LogP contribution is -2.64. The number of unbranched alkanes of at least 4 members (excludes halogenated alkanes) is 26. The van der Waals surface area contributed by atoms with E-state index in [9.17, 15) is 44.6 Å². The molecule has 1 fully saturated rings. The quantitative estimate of drug-likeness (QED) is 0.0146. The predicted molar refractivity (Wildman–Crippen MR) is 249 cm³/mol. The minimum Gasteiger partial charge on any atom is -0.462 e. The van der Waals surface area contributed by atoms with Gasteiger partial charge in [-0.05, 0) is 44.9 Å². The van der Waals surface area contributed by atoms with Crippen molar-refractivity contribution in [3.8, 4) is 0 Å². The largest absolute Gasteiger partial charge is 0.472 e. The SMILES string of the molecule is CCCCCCC/C=C\C/C=C\CCCCCCCCCCCCCC(=O)OC(COC(=O)CCCCCCCCCCCCC)COP(=O)(O)OC1C(O)C(O)C(O)C(O)C1O. The lowest BCUT2D eigenvalue weighted by atomic mass is 9.85. The summed E-state index contributed by atoms with van der Waals surface area (Å²) in [5.41, 5.74) is 0. The van der Waals surface area contributed by atoms with Gasteiger partial charge in [0.15, 0.2) is 6.10 Å². The van der Waals surface area contributed by atoms with E-state index in [0.717, 1.165) is 57.8 Å². The highest BCUT2D eigenvalue weighted by Gasteiger charge is 2.51. The zero-order valence-corrected chi connectivity index (χ0v) is 40.3. The number of esters is 2. The summed E-state index contributed by atoms with van der Waals surface area (Å²) in [7, 11) is -5.11. The molecule has 6 unspecified atom stereocenters. The van der Waals surface area contributed by atoms with Crippen molar-refractivity contribution in [2.24, 2.45) is 0 Å². The molecule has 0 aromatic heterocycles. The maximum atomic E-state index is 12.8. The molecule has 1 rings (SSSR count). The fourth-order valence-electron chi connectivity index (χ4n) is 7.73. The Kier molecular flexibility index (Phi) is 37.2. The smallest absolute Gasteiger partial charge is 0.462 e. The van der Waals surface area contributed by atoms with Crippen molar-refractivity contribution in [2.75, 3.05) is 13.2 Å². The molecule has 0 saturated heterocycles. The van der Waals surface area contributed by atoms with Crippen molar-refractivity contribution in [3.05, 3.63) is 24.3 Å². The fourth-order valence-corrected chi connectivity index (χ4v) is 8.70. The van der Waals surface area contributed by atoms with Gasteiger partial charge < -0.3 is 39.9 Å². The van der Waals surface area contributed by atoms with E-state index >= 15 is 0 Å². The highest BCUT2D eigenvalue weighted by molar-refractivity contribution is 7.47. The highest BCUT2D eigenvalue weighted by atomic mass is 31.2. The third kappa shape index (κ3) is 31.8. The summed E-state index contributed by atoms with van der Waals surface area (Å²) in [4.78, 5) is 35.7. The van der Waals surface area contributed by atoms with Crippen LogP contribution in [0, 0.1) is 0 Å². The van der Waals surface area contributed by atoms with Gasteiger partial charge in [0, 0.05) is 12.8 Å². The van der Waals surface area contributed by atoms with Crippen molar-refractivity contribution < 1.29 is 63.1 Å². The first-order valence-corrected chi connectivity index (χ1v) is 26.6. The van der Waals surface area contributed by atoms with Crippen molar-refractivity contribution >= 4 is 19.8 Å². The van der Waals surface area contributed by atoms with Gasteiger partial charge in [-0.15, -0.1) is 0 Å². The summed E-state index contributed by atoms with van der Waals surface area (Å²) >= 11 is 0. The molecule has 13 nitrogen and oxygen atoms in total. The van der Waals surface area contributed by atoms with Crippen LogP contribution in [-0.2, 0) is 32.7 Å². The zero-order valence-electron chi connectivity index (χ0n) is 39.4. The number of allylic oxidation sites excluding steroid dienone is 4. The van der Waals surface area contributed by atoms with Crippen molar-refractivity contribution in [2.45, 2.75) is 262 Å². The van der Waals surface area contributed by atoms with Gasteiger partial charge in [-0.25, -0.2) is 4.57 Å². The van der Waals surface area contributed by atoms with Crippen LogP contribution in [0.5, 0.6) is 0 Å². The summed E-state index contributed by atoms with van der Waals surface area (Å²) in [6.45, 7) is 3.29. The van der Waals surface area contributed by atoms with Crippen LogP contribution in [0.25, 0.3) is 0 Å². The summed E-state index contributed by atoms with van der Waals surface area (Å²) in [6.07, 6.45) is 30.9. The first-order valence-electron chi connectivity index (χ1n) is 25.1. The highest BCUT2D eigenvalue weighted by Crippen LogP contribution is 2.47. The lowest BCUT2D eigenvalue weighted by Gasteiger charge is -2.41. The van der Waals surface area contributed by atoms with Crippen LogP contribution in [0.15, 0.2) is 24.3 Å². The van der Waals surface area contributed by atoms with Gasteiger partial charge in [-0.1, -0.05) is 186 Å². The van der Waals surface area contributed by atoms with Gasteiger partial charge in [0.25, 0.3) is 0 Å². The Morgan fingerprint density at radius 3 is 1.29 bits per heavy atom. The monoisotopic (exact) mass is 919 g/mol. The number of aliphatic hydroxyl groups is 5. The average Bonchev–Trinajstić information content (AvgIpc) is 3.26. The van der Waals surface area contributed by atoms with Crippen LogP contribution in [0.4, 0.5) is 0 Å². The van der Waals surface area contributed by atoms with E-state index in [1.165, 1.54) is 122 Å². The van der Waals surface area contributed by atoms with Gasteiger partial charge in [0.05, 0.1) is 6.61 Å². The van der Waals surface area contributed by atoms with Crippen LogP contribution < -0.4 is 0 Å². The summed E-state index contributed by atoms with van der Waals surface area (Å²) < 4.78 is 33.6. The topological polar surface area (TPSA) is 210 Å². The third-order valence-electron chi connectivity index (χ3n) is 11.8. The van der Waals surface area contributed by atoms with E-state index in [4.69, 9.17) is 18.5 Å². The van der Waals surface area contributed by atoms with E-state index in [1.54, 1.807) is 0 Å². The number of carbonyl (C=O) groups is 2. The maximum absolute atomic E-state index is 12.8. The maximum Gasteiger partial charge on any atom is 0.472 e.